The zero-order valence-corrected chi connectivity index (χ0v) is 16.0. The number of rotatable bonds is 3. The fraction of sp³-hybridized carbons (Fsp3) is 0.333. The van der Waals surface area contributed by atoms with Crippen molar-refractivity contribution >= 4 is 12.1 Å². The summed E-state index contributed by atoms with van der Waals surface area (Å²) >= 11 is 0. The van der Waals surface area contributed by atoms with Crippen LogP contribution in [0.25, 0.3) is 0 Å². The maximum Gasteiger partial charge on any atom is 0.284 e. The molecule has 0 bridgehead atoms. The van der Waals surface area contributed by atoms with E-state index in [0.29, 0.717) is 23.0 Å². The number of nitrogens with one attached hydrogen (secondary N) is 1. The van der Waals surface area contributed by atoms with Crippen LogP contribution in [0.15, 0.2) is 41.5 Å². The Kier molecular flexibility index (Phi) is 4.58. The van der Waals surface area contributed by atoms with Crippen LogP contribution in [-0.2, 0) is 10.2 Å². The van der Waals surface area contributed by atoms with Crippen molar-refractivity contribution in [2.45, 2.75) is 32.3 Å². The second kappa shape index (κ2) is 7.07. The van der Waals surface area contributed by atoms with Crippen molar-refractivity contribution in [2.75, 3.05) is 13.4 Å². The first-order chi connectivity index (χ1) is 13.4. The van der Waals surface area contributed by atoms with E-state index < -0.39 is 6.10 Å². The lowest BCUT2D eigenvalue weighted by molar-refractivity contribution is -0.130. The molecule has 4 rings (SSSR count). The van der Waals surface area contributed by atoms with Crippen LogP contribution < -0.4 is 24.4 Å². The molecule has 7 nitrogen and oxygen atoms in total. The van der Waals surface area contributed by atoms with Gasteiger partial charge in [-0.1, -0.05) is 26.8 Å². The van der Waals surface area contributed by atoms with E-state index in [1.807, 2.05) is 24.3 Å². The number of nitrogens with zero attached hydrogens (tertiary/aromatic N) is 1. The summed E-state index contributed by atoms with van der Waals surface area (Å²) in [4.78, 5) is 12.4. The molecular weight excluding hydrogens is 360 g/mol. The summed E-state index contributed by atoms with van der Waals surface area (Å²) in [5.74, 6) is 2.19. The molecule has 2 aliphatic heterocycles. The maximum atomic E-state index is 12.4. The summed E-state index contributed by atoms with van der Waals surface area (Å²) in [6.07, 6.45) is 0.770. The number of ether oxygens (including phenoxy) is 4. The third kappa shape index (κ3) is 3.74. The second-order valence-electron chi connectivity index (χ2n) is 7.68. The summed E-state index contributed by atoms with van der Waals surface area (Å²) in [7, 11) is 0. The van der Waals surface area contributed by atoms with E-state index in [-0.39, 0.29) is 24.7 Å². The number of carbonyl (C=O) groups is 1. The zero-order valence-electron chi connectivity index (χ0n) is 16.0. The fourth-order valence-electron chi connectivity index (χ4n) is 2.90. The van der Waals surface area contributed by atoms with Crippen LogP contribution in [0.1, 0.15) is 31.9 Å². The highest BCUT2D eigenvalue weighted by atomic mass is 16.7. The second-order valence-corrected chi connectivity index (χ2v) is 7.68. The van der Waals surface area contributed by atoms with Gasteiger partial charge in [0, 0.05) is 0 Å². The highest BCUT2D eigenvalue weighted by molar-refractivity contribution is 5.85. The Labute approximate surface area is 163 Å². The predicted molar refractivity (Wildman–Crippen MR) is 103 cm³/mol. The quantitative estimate of drug-likeness (QED) is 0.652. The average molecular weight is 382 g/mol. The van der Waals surface area contributed by atoms with E-state index in [1.165, 1.54) is 6.21 Å². The lowest BCUT2D eigenvalue weighted by atomic mass is 9.87. The van der Waals surface area contributed by atoms with Gasteiger partial charge in [-0.25, -0.2) is 5.43 Å². The Morgan fingerprint density at radius 3 is 2.61 bits per heavy atom. The van der Waals surface area contributed by atoms with Crippen molar-refractivity contribution in [3.63, 3.8) is 0 Å². The number of hydrogen-bond acceptors (Lipinski definition) is 6. The Hall–Kier alpha value is -3.22. The summed E-state index contributed by atoms with van der Waals surface area (Å²) < 4.78 is 22.1. The Balaban J connectivity index is 1.39. The first kappa shape index (κ1) is 18.2. The smallest absolute Gasteiger partial charge is 0.284 e. The Bertz CT molecular complexity index is 933. The summed E-state index contributed by atoms with van der Waals surface area (Å²) in [6.45, 7) is 6.70. The van der Waals surface area contributed by atoms with E-state index >= 15 is 0 Å². The van der Waals surface area contributed by atoms with E-state index in [1.54, 1.807) is 12.1 Å². The van der Waals surface area contributed by atoms with Gasteiger partial charge in [0.05, 0.1) is 6.21 Å². The molecule has 28 heavy (non-hydrogen) atoms. The van der Waals surface area contributed by atoms with Crippen LogP contribution in [0.5, 0.6) is 23.0 Å². The SMILES string of the molecule is CC(C)(C)c1ccc2c(c1)O[C@@H](C(=O)N/N=C\c1ccc3c(c1)OCO3)CO2. The van der Waals surface area contributed by atoms with E-state index in [2.05, 4.69) is 31.3 Å². The molecule has 0 saturated carbocycles. The third-order valence-corrected chi connectivity index (χ3v) is 4.55. The number of fused-ring (bicyclic) bond motifs is 2. The normalized spacial score (nSPS) is 17.6. The standard InChI is InChI=1S/C21H22N2O5/c1-21(2,3)14-5-7-16-18(9-14)28-19(11-25-16)20(24)23-22-10-13-4-6-15-17(8-13)27-12-26-15/h4-10,19H,11-12H2,1-3H3,(H,23,24)/b22-10-/t19-/m1/s1. The molecule has 0 saturated heterocycles. The van der Waals surface area contributed by atoms with Gasteiger partial charge < -0.3 is 18.9 Å². The van der Waals surface area contributed by atoms with E-state index in [4.69, 9.17) is 18.9 Å². The number of hydrogen-bond donors (Lipinski definition) is 1. The fourth-order valence-corrected chi connectivity index (χ4v) is 2.90. The molecule has 1 amide bonds. The first-order valence-corrected chi connectivity index (χ1v) is 9.07. The van der Waals surface area contributed by atoms with Crippen molar-refractivity contribution in [3.05, 3.63) is 47.5 Å². The number of amides is 1. The molecule has 7 heteroatoms. The molecule has 0 unspecified atom stereocenters. The average Bonchev–Trinajstić information content (AvgIpc) is 3.14. The van der Waals surface area contributed by atoms with Gasteiger partial charge >= 0.3 is 0 Å². The summed E-state index contributed by atoms with van der Waals surface area (Å²) in [5, 5.41) is 4.00. The first-order valence-electron chi connectivity index (χ1n) is 9.07. The van der Waals surface area contributed by atoms with Crippen LogP contribution in [0.4, 0.5) is 0 Å². The molecule has 1 atom stereocenters. The van der Waals surface area contributed by atoms with Gasteiger partial charge in [-0.15, -0.1) is 0 Å². The highest BCUT2D eigenvalue weighted by Crippen LogP contribution is 2.36. The van der Waals surface area contributed by atoms with Gasteiger partial charge in [-0.05, 0) is 46.9 Å². The molecular formula is C21H22N2O5. The Morgan fingerprint density at radius 1 is 1.04 bits per heavy atom. The molecule has 0 spiro atoms. The number of benzene rings is 2. The van der Waals surface area contributed by atoms with E-state index in [0.717, 1.165) is 11.1 Å². The van der Waals surface area contributed by atoms with Gasteiger partial charge in [-0.3, -0.25) is 4.79 Å². The molecule has 2 aromatic carbocycles. The van der Waals surface area contributed by atoms with Crippen molar-refractivity contribution in [1.82, 2.24) is 5.43 Å². The van der Waals surface area contributed by atoms with Gasteiger partial charge in [0.1, 0.15) is 6.61 Å². The van der Waals surface area contributed by atoms with Crippen LogP contribution in [0.2, 0.25) is 0 Å². The molecule has 0 aromatic heterocycles. The van der Waals surface area contributed by atoms with Crippen LogP contribution in [0, 0.1) is 0 Å². The van der Waals surface area contributed by atoms with Crippen LogP contribution in [0.3, 0.4) is 0 Å². The van der Waals surface area contributed by atoms with Crippen molar-refractivity contribution in [2.24, 2.45) is 5.10 Å². The Morgan fingerprint density at radius 2 is 1.79 bits per heavy atom. The van der Waals surface area contributed by atoms with Gasteiger partial charge in [0.2, 0.25) is 12.9 Å². The molecule has 2 aliphatic rings. The topological polar surface area (TPSA) is 78.4 Å². The predicted octanol–water partition coefficient (Wildman–Crippen LogP) is 3.00. The molecule has 0 fully saturated rings. The van der Waals surface area contributed by atoms with Crippen molar-refractivity contribution < 1.29 is 23.7 Å². The minimum Gasteiger partial charge on any atom is -0.485 e. The van der Waals surface area contributed by atoms with Gasteiger partial charge in [-0.2, -0.15) is 5.10 Å². The van der Waals surface area contributed by atoms with Crippen molar-refractivity contribution in [3.8, 4) is 23.0 Å². The minimum atomic E-state index is -0.767. The molecule has 146 valence electrons. The highest BCUT2D eigenvalue weighted by Gasteiger charge is 2.28. The van der Waals surface area contributed by atoms with Gasteiger partial charge in [0.25, 0.3) is 5.91 Å². The third-order valence-electron chi connectivity index (χ3n) is 4.55. The van der Waals surface area contributed by atoms with E-state index in [9.17, 15) is 4.79 Å². The van der Waals surface area contributed by atoms with Crippen LogP contribution >= 0.6 is 0 Å². The number of hydrazone groups is 1. The molecule has 2 aromatic rings. The maximum absolute atomic E-state index is 12.4. The molecule has 2 heterocycles. The van der Waals surface area contributed by atoms with Crippen molar-refractivity contribution in [1.29, 1.82) is 0 Å². The monoisotopic (exact) mass is 382 g/mol. The lowest BCUT2D eigenvalue weighted by Gasteiger charge is -2.27. The zero-order chi connectivity index (χ0) is 19.7. The van der Waals surface area contributed by atoms with Crippen LogP contribution in [-0.4, -0.2) is 31.6 Å². The molecule has 0 aliphatic carbocycles. The summed E-state index contributed by atoms with van der Waals surface area (Å²) in [5.41, 5.74) is 4.36. The van der Waals surface area contributed by atoms with Gasteiger partial charge in [0.15, 0.2) is 23.0 Å². The number of carbonyl (C=O) groups excluding carboxylic acids is 1. The lowest BCUT2D eigenvalue weighted by Crippen LogP contribution is -2.42. The molecule has 1 N–H and O–H groups in total. The summed E-state index contributed by atoms with van der Waals surface area (Å²) in [6, 6.07) is 11.2. The largest absolute Gasteiger partial charge is 0.485 e. The molecule has 0 radical (unpaired) electrons. The minimum absolute atomic E-state index is 0.0253.